The second kappa shape index (κ2) is 5.37. The average Bonchev–Trinajstić information content (AvgIpc) is 3.02. The number of benzene rings is 2. The maximum absolute atomic E-state index is 11.0. The number of anilines is 2. The summed E-state index contributed by atoms with van der Waals surface area (Å²) in [6.45, 7) is 0. The zero-order valence-corrected chi connectivity index (χ0v) is 10.7. The van der Waals surface area contributed by atoms with Gasteiger partial charge in [-0.15, -0.1) is 5.10 Å². The summed E-state index contributed by atoms with van der Waals surface area (Å²) in [6.07, 6.45) is 1.48. The molecular formula is C13H10N6O2. The number of hydrogen-bond donors (Lipinski definition) is 1. The van der Waals surface area contributed by atoms with Crippen LogP contribution >= 0.6 is 0 Å². The molecule has 0 bridgehead atoms. The third-order valence-corrected chi connectivity index (χ3v) is 2.84. The Bertz CT molecular complexity index is 772. The van der Waals surface area contributed by atoms with Gasteiger partial charge in [0.1, 0.15) is 12.0 Å². The van der Waals surface area contributed by atoms with Crippen LogP contribution in [0, 0.1) is 10.1 Å². The van der Waals surface area contributed by atoms with E-state index in [2.05, 4.69) is 20.8 Å². The first-order chi connectivity index (χ1) is 10.2. The fraction of sp³-hybridized carbons (Fsp3) is 0. The Labute approximate surface area is 119 Å². The van der Waals surface area contributed by atoms with Crippen LogP contribution in [0.1, 0.15) is 0 Å². The van der Waals surface area contributed by atoms with Gasteiger partial charge in [0, 0.05) is 11.8 Å². The number of para-hydroxylation sites is 2. The van der Waals surface area contributed by atoms with Crippen LogP contribution in [0.25, 0.3) is 5.69 Å². The van der Waals surface area contributed by atoms with Crippen LogP contribution in [0.15, 0.2) is 54.9 Å². The Morgan fingerprint density at radius 3 is 2.76 bits per heavy atom. The molecule has 0 unspecified atom stereocenters. The molecule has 8 nitrogen and oxygen atoms in total. The Balaban J connectivity index is 1.93. The lowest BCUT2D eigenvalue weighted by molar-refractivity contribution is -0.383. The standard InChI is InChI=1S/C13H10N6O2/c20-19(21)13-7-2-1-6-12(13)15-10-4-3-5-11(8-10)18-9-14-16-17-18/h1-9,15H. The topological polar surface area (TPSA) is 98.8 Å². The van der Waals surface area contributed by atoms with Gasteiger partial charge in [-0.2, -0.15) is 0 Å². The summed E-state index contributed by atoms with van der Waals surface area (Å²) in [4.78, 5) is 10.6. The highest BCUT2D eigenvalue weighted by atomic mass is 16.6. The Hall–Kier alpha value is -3.29. The van der Waals surface area contributed by atoms with E-state index in [0.717, 1.165) is 5.69 Å². The number of hydrogen-bond acceptors (Lipinski definition) is 6. The number of rotatable bonds is 4. The van der Waals surface area contributed by atoms with Gasteiger partial charge in [0.2, 0.25) is 0 Å². The average molecular weight is 282 g/mol. The summed E-state index contributed by atoms with van der Waals surface area (Å²) in [7, 11) is 0. The van der Waals surface area contributed by atoms with Gasteiger partial charge < -0.3 is 5.32 Å². The molecule has 0 radical (unpaired) electrons. The maximum atomic E-state index is 11.0. The van der Waals surface area contributed by atoms with E-state index in [1.807, 2.05) is 18.2 Å². The van der Waals surface area contributed by atoms with E-state index in [9.17, 15) is 10.1 Å². The van der Waals surface area contributed by atoms with Crippen molar-refractivity contribution in [3.8, 4) is 5.69 Å². The molecule has 2 aromatic carbocycles. The van der Waals surface area contributed by atoms with E-state index in [4.69, 9.17) is 0 Å². The van der Waals surface area contributed by atoms with E-state index in [0.29, 0.717) is 11.4 Å². The van der Waals surface area contributed by atoms with Gasteiger partial charge >= 0.3 is 0 Å². The van der Waals surface area contributed by atoms with Crippen LogP contribution in [0.5, 0.6) is 0 Å². The molecule has 0 aliphatic heterocycles. The van der Waals surface area contributed by atoms with Gasteiger partial charge in [0.25, 0.3) is 5.69 Å². The second-order valence-corrected chi connectivity index (χ2v) is 4.20. The van der Waals surface area contributed by atoms with E-state index in [1.54, 1.807) is 24.3 Å². The molecule has 8 heteroatoms. The monoisotopic (exact) mass is 282 g/mol. The minimum Gasteiger partial charge on any atom is -0.350 e. The number of nitrogens with one attached hydrogen (secondary N) is 1. The molecule has 0 aliphatic carbocycles. The minimum absolute atomic E-state index is 0.0188. The van der Waals surface area contributed by atoms with Crippen molar-refractivity contribution in [2.24, 2.45) is 0 Å². The van der Waals surface area contributed by atoms with Crippen molar-refractivity contribution in [3.05, 3.63) is 65.0 Å². The molecule has 21 heavy (non-hydrogen) atoms. The number of nitrogens with zero attached hydrogens (tertiary/aromatic N) is 5. The predicted octanol–water partition coefficient (Wildman–Crippen LogP) is 2.31. The van der Waals surface area contributed by atoms with Crippen molar-refractivity contribution in [2.45, 2.75) is 0 Å². The van der Waals surface area contributed by atoms with Gasteiger partial charge in [-0.25, -0.2) is 4.68 Å². The lowest BCUT2D eigenvalue weighted by Crippen LogP contribution is -1.99. The Morgan fingerprint density at radius 1 is 1.14 bits per heavy atom. The molecule has 0 saturated carbocycles. The molecule has 0 aliphatic rings. The van der Waals surface area contributed by atoms with E-state index >= 15 is 0 Å². The van der Waals surface area contributed by atoms with Gasteiger partial charge in [-0.1, -0.05) is 18.2 Å². The third kappa shape index (κ3) is 2.68. The zero-order chi connectivity index (χ0) is 14.7. The molecule has 0 fully saturated rings. The molecule has 1 aromatic heterocycles. The van der Waals surface area contributed by atoms with Crippen LogP contribution in [-0.4, -0.2) is 25.1 Å². The normalized spacial score (nSPS) is 10.3. The second-order valence-electron chi connectivity index (χ2n) is 4.20. The number of nitro benzene ring substituents is 1. The molecular weight excluding hydrogens is 272 g/mol. The van der Waals surface area contributed by atoms with Crippen LogP contribution in [-0.2, 0) is 0 Å². The molecule has 1 N–H and O–H groups in total. The third-order valence-electron chi connectivity index (χ3n) is 2.84. The van der Waals surface area contributed by atoms with E-state index in [1.165, 1.54) is 17.1 Å². The minimum atomic E-state index is -0.423. The van der Waals surface area contributed by atoms with Crippen LogP contribution < -0.4 is 5.32 Å². The number of aromatic nitrogens is 4. The molecule has 0 spiro atoms. The summed E-state index contributed by atoms with van der Waals surface area (Å²) in [5.74, 6) is 0. The van der Waals surface area contributed by atoms with Crippen molar-refractivity contribution in [1.82, 2.24) is 20.2 Å². The van der Waals surface area contributed by atoms with Crippen molar-refractivity contribution in [2.75, 3.05) is 5.32 Å². The molecule has 3 aromatic rings. The first-order valence-corrected chi connectivity index (χ1v) is 6.08. The lowest BCUT2D eigenvalue weighted by Gasteiger charge is -2.08. The van der Waals surface area contributed by atoms with Gasteiger partial charge in [0.15, 0.2) is 0 Å². The lowest BCUT2D eigenvalue weighted by atomic mass is 10.2. The van der Waals surface area contributed by atoms with E-state index < -0.39 is 4.92 Å². The van der Waals surface area contributed by atoms with Gasteiger partial charge in [-0.05, 0) is 34.7 Å². The first kappa shape index (κ1) is 12.7. The summed E-state index contributed by atoms with van der Waals surface area (Å²) in [5.41, 5.74) is 1.91. The molecule has 104 valence electrons. The van der Waals surface area contributed by atoms with Gasteiger partial charge in [-0.3, -0.25) is 10.1 Å². The van der Waals surface area contributed by atoms with Crippen LogP contribution in [0.2, 0.25) is 0 Å². The molecule has 0 saturated heterocycles. The highest BCUT2D eigenvalue weighted by Crippen LogP contribution is 2.27. The van der Waals surface area contributed by atoms with Gasteiger partial charge in [0.05, 0.1) is 10.6 Å². The molecule has 0 atom stereocenters. The van der Waals surface area contributed by atoms with Crippen molar-refractivity contribution < 1.29 is 4.92 Å². The molecule has 0 amide bonds. The predicted molar refractivity (Wildman–Crippen MR) is 75.5 cm³/mol. The molecule has 3 rings (SSSR count). The van der Waals surface area contributed by atoms with Crippen LogP contribution in [0.4, 0.5) is 17.1 Å². The van der Waals surface area contributed by atoms with Crippen LogP contribution in [0.3, 0.4) is 0 Å². The summed E-state index contributed by atoms with van der Waals surface area (Å²) in [6, 6.07) is 13.7. The Kier molecular flexibility index (Phi) is 3.26. The SMILES string of the molecule is O=[N+]([O-])c1ccccc1Nc1cccc(-n2cnnn2)c1. The summed E-state index contributed by atoms with van der Waals surface area (Å²) >= 11 is 0. The highest BCUT2D eigenvalue weighted by molar-refractivity contribution is 5.70. The van der Waals surface area contributed by atoms with E-state index in [-0.39, 0.29) is 5.69 Å². The first-order valence-electron chi connectivity index (χ1n) is 6.08. The maximum Gasteiger partial charge on any atom is 0.292 e. The summed E-state index contributed by atoms with van der Waals surface area (Å²) in [5, 5.41) is 25.0. The largest absolute Gasteiger partial charge is 0.350 e. The number of tetrazole rings is 1. The smallest absolute Gasteiger partial charge is 0.292 e. The van der Waals surface area contributed by atoms with Crippen molar-refractivity contribution >= 4 is 17.1 Å². The Morgan fingerprint density at radius 2 is 2.00 bits per heavy atom. The molecule has 1 heterocycles. The fourth-order valence-electron chi connectivity index (χ4n) is 1.90. The quantitative estimate of drug-likeness (QED) is 0.582. The summed E-state index contributed by atoms with van der Waals surface area (Å²) < 4.78 is 1.50. The number of nitro groups is 1. The van der Waals surface area contributed by atoms with Crippen molar-refractivity contribution in [3.63, 3.8) is 0 Å². The van der Waals surface area contributed by atoms with Crippen molar-refractivity contribution in [1.29, 1.82) is 0 Å². The highest BCUT2D eigenvalue weighted by Gasteiger charge is 2.12. The zero-order valence-electron chi connectivity index (χ0n) is 10.7. The fourth-order valence-corrected chi connectivity index (χ4v) is 1.90.